The fourth-order valence-corrected chi connectivity index (χ4v) is 0.534. The Morgan fingerprint density at radius 1 is 0.889 bits per heavy atom. The quantitative estimate of drug-likeness (QED) is 0.429. The molecule has 1 aromatic rings. The first-order valence-electron chi connectivity index (χ1n) is 2.41. The molecular formula is C7H10Li2. The van der Waals surface area contributed by atoms with Crippen LogP contribution in [0.4, 0.5) is 0 Å². The van der Waals surface area contributed by atoms with Gasteiger partial charge in [0, 0.05) is 0 Å². The summed E-state index contributed by atoms with van der Waals surface area (Å²) in [7, 11) is 0. The molecule has 0 aromatic heterocycles. The maximum absolute atomic E-state index is 2.08. The van der Waals surface area contributed by atoms with E-state index < -0.39 is 0 Å². The molecule has 9 heavy (non-hydrogen) atoms. The third-order valence-electron chi connectivity index (χ3n) is 0.940. The molecule has 2 heteroatoms. The Bertz CT molecular complexity index is 137. The molecule has 0 amide bonds. The van der Waals surface area contributed by atoms with Crippen LogP contribution in [0.5, 0.6) is 0 Å². The van der Waals surface area contributed by atoms with Crippen LogP contribution in [0.2, 0.25) is 0 Å². The van der Waals surface area contributed by atoms with Crippen LogP contribution in [-0.2, 0) is 0 Å². The van der Waals surface area contributed by atoms with Crippen LogP contribution in [0.1, 0.15) is 5.56 Å². The summed E-state index contributed by atoms with van der Waals surface area (Å²) in [4.78, 5) is 0. The molecule has 0 heterocycles. The van der Waals surface area contributed by atoms with E-state index in [9.17, 15) is 0 Å². The summed E-state index contributed by atoms with van der Waals surface area (Å²) in [6.45, 7) is 2.08. The van der Waals surface area contributed by atoms with Crippen LogP contribution in [0, 0.1) is 6.92 Å². The molecule has 0 aliphatic carbocycles. The first kappa shape index (κ1) is 12.1. The second kappa shape index (κ2) is 6.53. The molecule has 0 radical (unpaired) electrons. The molecule has 0 saturated carbocycles. The Kier molecular flexibility index (Phi) is 8.80. The van der Waals surface area contributed by atoms with Crippen molar-refractivity contribution >= 4 is 37.7 Å². The number of rotatable bonds is 0. The minimum absolute atomic E-state index is 0. The van der Waals surface area contributed by atoms with Crippen LogP contribution in [0.25, 0.3) is 0 Å². The van der Waals surface area contributed by atoms with Gasteiger partial charge in [-0.05, 0) is 6.92 Å². The van der Waals surface area contributed by atoms with Crippen LogP contribution in [0.3, 0.4) is 0 Å². The SMILES string of the molecule is Cc1ccccc1.[LiH].[LiH]. The fraction of sp³-hybridized carbons (Fsp3) is 0.143. The summed E-state index contributed by atoms with van der Waals surface area (Å²) in [5, 5.41) is 0. The van der Waals surface area contributed by atoms with Crippen LogP contribution in [0.15, 0.2) is 30.3 Å². The van der Waals surface area contributed by atoms with Gasteiger partial charge >= 0.3 is 37.7 Å². The monoisotopic (exact) mass is 108 g/mol. The van der Waals surface area contributed by atoms with E-state index in [0.717, 1.165) is 0 Å². The first-order valence-corrected chi connectivity index (χ1v) is 2.41. The summed E-state index contributed by atoms with van der Waals surface area (Å²) in [6.07, 6.45) is 0. The summed E-state index contributed by atoms with van der Waals surface area (Å²) in [5.41, 5.74) is 1.32. The molecule has 0 bridgehead atoms. The van der Waals surface area contributed by atoms with E-state index in [1.54, 1.807) is 0 Å². The Morgan fingerprint density at radius 3 is 1.56 bits per heavy atom. The molecule has 1 aromatic carbocycles. The van der Waals surface area contributed by atoms with Crippen molar-refractivity contribution in [3.63, 3.8) is 0 Å². The third kappa shape index (κ3) is 4.89. The van der Waals surface area contributed by atoms with Crippen molar-refractivity contribution in [2.75, 3.05) is 0 Å². The van der Waals surface area contributed by atoms with Gasteiger partial charge in [0.15, 0.2) is 0 Å². The Hall–Kier alpha value is 0.415. The topological polar surface area (TPSA) is 0 Å². The molecule has 0 atom stereocenters. The molecular weight excluding hydrogens is 98.0 g/mol. The van der Waals surface area contributed by atoms with Crippen molar-refractivity contribution in [1.29, 1.82) is 0 Å². The van der Waals surface area contributed by atoms with E-state index in [0.29, 0.717) is 0 Å². The Morgan fingerprint density at radius 2 is 1.33 bits per heavy atom. The van der Waals surface area contributed by atoms with Crippen molar-refractivity contribution in [2.24, 2.45) is 0 Å². The van der Waals surface area contributed by atoms with Gasteiger partial charge in [0.2, 0.25) is 0 Å². The average Bonchev–Trinajstić information content (AvgIpc) is 1.69. The predicted octanol–water partition coefficient (Wildman–Crippen LogP) is 0.698. The molecule has 0 N–H and O–H groups in total. The van der Waals surface area contributed by atoms with Crippen molar-refractivity contribution in [2.45, 2.75) is 6.92 Å². The number of hydrogen-bond acceptors (Lipinski definition) is 0. The van der Waals surface area contributed by atoms with Crippen LogP contribution in [-0.4, -0.2) is 37.7 Å². The molecule has 0 fully saturated rings. The second-order valence-electron chi connectivity index (χ2n) is 1.65. The van der Waals surface area contributed by atoms with Gasteiger partial charge in [-0.2, -0.15) is 0 Å². The minimum atomic E-state index is 0. The Balaban J connectivity index is 0. The molecule has 0 unspecified atom stereocenters. The third-order valence-corrected chi connectivity index (χ3v) is 0.940. The van der Waals surface area contributed by atoms with Crippen LogP contribution >= 0.6 is 0 Å². The van der Waals surface area contributed by atoms with Gasteiger partial charge in [0.25, 0.3) is 0 Å². The zero-order valence-corrected chi connectivity index (χ0v) is 4.39. The van der Waals surface area contributed by atoms with E-state index in [1.807, 2.05) is 18.2 Å². The Labute approximate surface area is 80.4 Å². The van der Waals surface area contributed by atoms with Gasteiger partial charge in [0.1, 0.15) is 0 Å². The van der Waals surface area contributed by atoms with Gasteiger partial charge in [-0.3, -0.25) is 0 Å². The van der Waals surface area contributed by atoms with Crippen molar-refractivity contribution in [1.82, 2.24) is 0 Å². The van der Waals surface area contributed by atoms with E-state index in [2.05, 4.69) is 19.1 Å². The van der Waals surface area contributed by atoms with E-state index in [-0.39, 0.29) is 37.7 Å². The normalized spacial score (nSPS) is 6.78. The molecule has 1 rings (SSSR count). The number of aryl methyl sites for hydroxylation is 1. The molecule has 0 aliphatic rings. The van der Waals surface area contributed by atoms with Gasteiger partial charge < -0.3 is 0 Å². The van der Waals surface area contributed by atoms with Gasteiger partial charge in [0.05, 0.1) is 0 Å². The molecule has 0 nitrogen and oxygen atoms in total. The average molecular weight is 108 g/mol. The van der Waals surface area contributed by atoms with E-state index in [1.165, 1.54) is 5.56 Å². The van der Waals surface area contributed by atoms with Gasteiger partial charge in [-0.1, -0.05) is 35.9 Å². The number of hydrogen-bond donors (Lipinski definition) is 0. The maximum atomic E-state index is 2.08. The summed E-state index contributed by atoms with van der Waals surface area (Å²) in [5.74, 6) is 0. The summed E-state index contributed by atoms with van der Waals surface area (Å²) in [6, 6.07) is 10.3. The fourth-order valence-electron chi connectivity index (χ4n) is 0.534. The second-order valence-corrected chi connectivity index (χ2v) is 1.65. The molecule has 0 spiro atoms. The van der Waals surface area contributed by atoms with Gasteiger partial charge in [-0.15, -0.1) is 0 Å². The van der Waals surface area contributed by atoms with Crippen molar-refractivity contribution in [3.05, 3.63) is 35.9 Å². The zero-order chi connectivity index (χ0) is 5.11. The summed E-state index contributed by atoms with van der Waals surface area (Å²) >= 11 is 0. The van der Waals surface area contributed by atoms with Gasteiger partial charge in [-0.25, -0.2) is 0 Å². The predicted molar refractivity (Wildman–Crippen MR) is 45.5 cm³/mol. The standard InChI is InChI=1S/C7H8.2Li.2H/c1-7-5-3-2-4-6-7;;;;/h2-6H,1H3;;;;. The first-order chi connectivity index (χ1) is 3.39. The molecule has 40 valence electrons. The van der Waals surface area contributed by atoms with E-state index >= 15 is 0 Å². The summed E-state index contributed by atoms with van der Waals surface area (Å²) < 4.78 is 0. The van der Waals surface area contributed by atoms with E-state index in [4.69, 9.17) is 0 Å². The van der Waals surface area contributed by atoms with Crippen LogP contribution < -0.4 is 0 Å². The zero-order valence-electron chi connectivity index (χ0n) is 4.39. The number of benzene rings is 1. The van der Waals surface area contributed by atoms with Crippen molar-refractivity contribution < 1.29 is 0 Å². The molecule has 0 aliphatic heterocycles. The van der Waals surface area contributed by atoms with Crippen molar-refractivity contribution in [3.8, 4) is 0 Å². The molecule has 0 saturated heterocycles.